The first-order valence-corrected chi connectivity index (χ1v) is 9.80. The van der Waals surface area contributed by atoms with Gasteiger partial charge >= 0.3 is 0 Å². The van der Waals surface area contributed by atoms with E-state index in [9.17, 15) is 4.79 Å². The van der Waals surface area contributed by atoms with Gasteiger partial charge in [0, 0.05) is 35.6 Å². The molecule has 1 fully saturated rings. The Labute approximate surface area is 155 Å². The van der Waals surface area contributed by atoms with Crippen LogP contribution in [0.25, 0.3) is 0 Å². The number of amides is 1. The predicted molar refractivity (Wildman–Crippen MR) is 102 cm³/mol. The molecule has 2 rings (SSSR count). The summed E-state index contributed by atoms with van der Waals surface area (Å²) >= 11 is 12.0. The van der Waals surface area contributed by atoms with Crippen molar-refractivity contribution in [3.63, 3.8) is 0 Å². The van der Waals surface area contributed by atoms with Crippen LogP contribution in [-0.4, -0.2) is 36.5 Å². The van der Waals surface area contributed by atoms with Crippen LogP contribution in [0.4, 0.5) is 0 Å². The van der Waals surface area contributed by atoms with Gasteiger partial charge in [0.25, 0.3) is 0 Å². The number of hydrogen-bond acceptors (Lipinski definition) is 2. The van der Waals surface area contributed by atoms with E-state index in [0.29, 0.717) is 22.9 Å². The molecule has 24 heavy (non-hydrogen) atoms. The smallest absolute Gasteiger partial charge is 0.220 e. The van der Waals surface area contributed by atoms with Gasteiger partial charge in [-0.25, -0.2) is 0 Å². The van der Waals surface area contributed by atoms with Crippen LogP contribution in [0.1, 0.15) is 51.0 Å². The molecular weight excluding hydrogens is 343 g/mol. The third-order valence-corrected chi connectivity index (χ3v) is 5.39. The summed E-state index contributed by atoms with van der Waals surface area (Å²) in [5.74, 6) is 0.0895. The zero-order valence-electron chi connectivity index (χ0n) is 14.5. The highest BCUT2D eigenvalue weighted by Gasteiger charge is 2.19. The molecule has 1 atom stereocenters. The van der Waals surface area contributed by atoms with Crippen molar-refractivity contribution in [3.05, 3.63) is 33.8 Å². The minimum Gasteiger partial charge on any atom is -0.356 e. The molecule has 0 aromatic heterocycles. The highest BCUT2D eigenvalue weighted by Crippen LogP contribution is 2.22. The Morgan fingerprint density at radius 2 is 2.17 bits per heavy atom. The summed E-state index contributed by atoms with van der Waals surface area (Å²) in [6.45, 7) is 5.32. The number of rotatable bonds is 8. The molecule has 1 heterocycles. The minimum atomic E-state index is 0.0895. The van der Waals surface area contributed by atoms with E-state index in [2.05, 4.69) is 17.1 Å². The number of halogens is 2. The molecule has 3 nitrogen and oxygen atoms in total. The number of piperidine rings is 1. The van der Waals surface area contributed by atoms with E-state index in [1.54, 1.807) is 6.07 Å². The number of likely N-dealkylation sites (tertiary alicyclic amines) is 1. The van der Waals surface area contributed by atoms with E-state index >= 15 is 0 Å². The molecule has 1 aromatic rings. The van der Waals surface area contributed by atoms with Crippen LogP contribution in [0.15, 0.2) is 18.2 Å². The number of carbonyl (C=O) groups excluding carboxylic acids is 1. The van der Waals surface area contributed by atoms with Crippen molar-refractivity contribution in [1.82, 2.24) is 10.2 Å². The number of hydrogen-bond donors (Lipinski definition) is 1. The van der Waals surface area contributed by atoms with Crippen LogP contribution in [0.5, 0.6) is 0 Å². The van der Waals surface area contributed by atoms with Crippen molar-refractivity contribution >= 4 is 29.1 Å². The number of aryl methyl sites for hydroxylation is 1. The zero-order valence-corrected chi connectivity index (χ0v) is 16.0. The van der Waals surface area contributed by atoms with Gasteiger partial charge in [0.1, 0.15) is 0 Å². The van der Waals surface area contributed by atoms with Crippen LogP contribution in [0.3, 0.4) is 0 Å². The maximum atomic E-state index is 12.0. The number of nitrogens with zero attached hydrogens (tertiary/aromatic N) is 1. The maximum absolute atomic E-state index is 12.0. The maximum Gasteiger partial charge on any atom is 0.220 e. The molecule has 1 N–H and O–H groups in total. The summed E-state index contributed by atoms with van der Waals surface area (Å²) in [7, 11) is 0. The number of benzene rings is 1. The number of carbonyl (C=O) groups is 1. The van der Waals surface area contributed by atoms with Gasteiger partial charge in [0.05, 0.1) is 0 Å². The monoisotopic (exact) mass is 370 g/mol. The van der Waals surface area contributed by atoms with E-state index in [-0.39, 0.29) is 5.91 Å². The fourth-order valence-corrected chi connectivity index (χ4v) is 3.89. The average Bonchev–Trinajstić information content (AvgIpc) is 2.58. The van der Waals surface area contributed by atoms with Crippen LogP contribution >= 0.6 is 23.2 Å². The molecule has 134 valence electrons. The lowest BCUT2D eigenvalue weighted by Gasteiger charge is -2.35. The van der Waals surface area contributed by atoms with Crippen molar-refractivity contribution in [2.45, 2.75) is 57.9 Å². The van der Waals surface area contributed by atoms with Crippen LogP contribution < -0.4 is 5.32 Å². The van der Waals surface area contributed by atoms with Crippen LogP contribution in [0, 0.1) is 0 Å². The quantitative estimate of drug-likeness (QED) is 0.672. The standard InChI is InChI=1S/C19H28Cl2N2O/c1-2-17-6-3-4-12-23(17)13-5-11-22-19(24)10-8-15-7-9-16(20)14-18(15)21/h7,9,14,17H,2-6,8,10-13H2,1H3,(H,22,24)/t17-/m1/s1. The van der Waals surface area contributed by atoms with E-state index in [4.69, 9.17) is 23.2 Å². The molecule has 0 spiro atoms. The van der Waals surface area contributed by atoms with Gasteiger partial charge in [-0.05, 0) is 56.3 Å². The van der Waals surface area contributed by atoms with E-state index in [1.807, 2.05) is 12.1 Å². The Morgan fingerprint density at radius 1 is 1.33 bits per heavy atom. The lowest BCUT2D eigenvalue weighted by Crippen LogP contribution is -2.40. The van der Waals surface area contributed by atoms with Gasteiger partial charge in [-0.2, -0.15) is 0 Å². The third kappa shape index (κ3) is 6.27. The van der Waals surface area contributed by atoms with Crippen molar-refractivity contribution in [3.8, 4) is 0 Å². The summed E-state index contributed by atoms with van der Waals surface area (Å²) in [5, 5.41) is 4.27. The Hall–Kier alpha value is -0.770. The summed E-state index contributed by atoms with van der Waals surface area (Å²) in [6.07, 6.45) is 7.35. The second-order valence-electron chi connectivity index (χ2n) is 6.53. The summed E-state index contributed by atoms with van der Waals surface area (Å²) < 4.78 is 0. The lowest BCUT2D eigenvalue weighted by atomic mass is 10.00. The molecule has 1 amide bonds. The highest BCUT2D eigenvalue weighted by molar-refractivity contribution is 6.35. The zero-order chi connectivity index (χ0) is 17.4. The fraction of sp³-hybridized carbons (Fsp3) is 0.632. The molecule has 1 aromatic carbocycles. The molecule has 0 unspecified atom stereocenters. The highest BCUT2D eigenvalue weighted by atomic mass is 35.5. The van der Waals surface area contributed by atoms with Gasteiger partial charge in [0.2, 0.25) is 5.91 Å². The second-order valence-corrected chi connectivity index (χ2v) is 7.38. The normalized spacial score (nSPS) is 18.5. The van der Waals surface area contributed by atoms with Gasteiger partial charge in [-0.1, -0.05) is 42.6 Å². The topological polar surface area (TPSA) is 32.3 Å². The first kappa shape index (κ1) is 19.6. The summed E-state index contributed by atoms with van der Waals surface area (Å²) in [5.41, 5.74) is 0.968. The Balaban J connectivity index is 1.62. The molecule has 0 aliphatic carbocycles. The van der Waals surface area contributed by atoms with Gasteiger partial charge in [-0.15, -0.1) is 0 Å². The Morgan fingerprint density at radius 3 is 2.92 bits per heavy atom. The molecule has 1 saturated heterocycles. The minimum absolute atomic E-state index is 0.0895. The summed E-state index contributed by atoms with van der Waals surface area (Å²) in [6, 6.07) is 6.16. The lowest BCUT2D eigenvalue weighted by molar-refractivity contribution is -0.121. The SMILES string of the molecule is CC[C@@H]1CCCCN1CCCNC(=O)CCc1ccc(Cl)cc1Cl. The second kappa shape index (κ2) is 10.3. The molecule has 0 bridgehead atoms. The van der Waals surface area contributed by atoms with Crippen molar-refractivity contribution < 1.29 is 4.79 Å². The molecule has 0 radical (unpaired) electrons. The molecule has 1 aliphatic rings. The van der Waals surface area contributed by atoms with Gasteiger partial charge < -0.3 is 10.2 Å². The predicted octanol–water partition coefficient (Wildman–Crippen LogP) is 4.70. The van der Waals surface area contributed by atoms with Crippen molar-refractivity contribution in [1.29, 1.82) is 0 Å². The van der Waals surface area contributed by atoms with E-state index < -0.39 is 0 Å². The van der Waals surface area contributed by atoms with Gasteiger partial charge in [0.15, 0.2) is 0 Å². The largest absolute Gasteiger partial charge is 0.356 e. The number of nitrogens with one attached hydrogen (secondary N) is 1. The van der Waals surface area contributed by atoms with E-state index in [1.165, 1.54) is 32.2 Å². The van der Waals surface area contributed by atoms with E-state index in [0.717, 1.165) is 31.1 Å². The Kier molecular flexibility index (Phi) is 8.37. The van der Waals surface area contributed by atoms with Gasteiger partial charge in [-0.3, -0.25) is 4.79 Å². The van der Waals surface area contributed by atoms with Crippen molar-refractivity contribution in [2.24, 2.45) is 0 Å². The molecular formula is C19H28Cl2N2O. The van der Waals surface area contributed by atoms with Crippen LogP contribution in [0.2, 0.25) is 10.0 Å². The first-order chi connectivity index (χ1) is 11.6. The Bertz CT molecular complexity index is 536. The third-order valence-electron chi connectivity index (χ3n) is 4.80. The molecule has 0 saturated carbocycles. The van der Waals surface area contributed by atoms with Crippen molar-refractivity contribution in [2.75, 3.05) is 19.6 Å². The fourth-order valence-electron chi connectivity index (χ4n) is 3.39. The summed E-state index contributed by atoms with van der Waals surface area (Å²) in [4.78, 5) is 14.6. The average molecular weight is 371 g/mol. The molecule has 5 heteroatoms. The molecule has 1 aliphatic heterocycles. The van der Waals surface area contributed by atoms with Crippen LogP contribution in [-0.2, 0) is 11.2 Å². The first-order valence-electron chi connectivity index (χ1n) is 9.05.